The maximum Gasteiger partial charge on any atom is 0.254 e. The maximum absolute atomic E-state index is 12.4. The highest BCUT2D eigenvalue weighted by molar-refractivity contribution is 5.95. The predicted molar refractivity (Wildman–Crippen MR) is 80.2 cm³/mol. The highest BCUT2D eigenvalue weighted by Gasteiger charge is 2.26. The summed E-state index contributed by atoms with van der Waals surface area (Å²) in [6.07, 6.45) is 7.75. The number of aromatic amines is 1. The first kappa shape index (κ1) is 14.6. The molecule has 1 amide bonds. The lowest BCUT2D eigenvalue weighted by Gasteiger charge is -2.28. The van der Waals surface area contributed by atoms with Gasteiger partial charge in [-0.05, 0) is 24.7 Å². The Balaban J connectivity index is 1.59. The minimum Gasteiger partial charge on any atom is -0.381 e. The highest BCUT2D eigenvalue weighted by atomic mass is 16.5. The molecular weight excluding hydrogens is 266 g/mol. The fraction of sp³-hybridized carbons (Fsp3) is 0.750. The molecule has 5 nitrogen and oxygen atoms in total. The zero-order chi connectivity index (χ0) is 14.7. The van der Waals surface area contributed by atoms with Crippen LogP contribution in [0.5, 0.6) is 0 Å². The second-order valence-corrected chi connectivity index (χ2v) is 6.49. The molecule has 3 rings (SSSR count). The molecule has 116 valence electrons. The second kappa shape index (κ2) is 6.60. The molecule has 2 heterocycles. The molecule has 0 radical (unpaired) electrons. The smallest absolute Gasteiger partial charge is 0.254 e. The van der Waals surface area contributed by atoms with Crippen molar-refractivity contribution in [1.82, 2.24) is 15.5 Å². The van der Waals surface area contributed by atoms with Crippen LogP contribution in [0.4, 0.5) is 0 Å². The summed E-state index contributed by atoms with van der Waals surface area (Å²) in [5.74, 6) is 1.62. The van der Waals surface area contributed by atoms with Crippen LogP contribution in [0.15, 0.2) is 6.20 Å². The molecule has 0 spiro atoms. The lowest BCUT2D eigenvalue weighted by molar-refractivity contribution is 0.0935. The summed E-state index contributed by atoms with van der Waals surface area (Å²) in [6, 6.07) is 0. The van der Waals surface area contributed by atoms with E-state index in [1.165, 1.54) is 25.7 Å². The average molecular weight is 291 g/mol. The Morgan fingerprint density at radius 1 is 1.43 bits per heavy atom. The van der Waals surface area contributed by atoms with Gasteiger partial charge in [0.25, 0.3) is 5.91 Å². The minimum atomic E-state index is 0.00317. The predicted octanol–water partition coefficient (Wildman–Crippen LogP) is 2.47. The number of ether oxygens (including phenoxy) is 1. The molecule has 1 aliphatic carbocycles. The molecule has 1 saturated heterocycles. The SMILES string of the molecule is C[C@@H]1CCCC[C@H]1CNC(=O)c1cn[nH]c1[C@@H]1CCOC1. The van der Waals surface area contributed by atoms with Gasteiger partial charge in [0, 0.05) is 19.1 Å². The van der Waals surface area contributed by atoms with Gasteiger partial charge in [-0.2, -0.15) is 5.10 Å². The average Bonchev–Trinajstić information content (AvgIpc) is 3.16. The van der Waals surface area contributed by atoms with Crippen LogP contribution in [0.25, 0.3) is 0 Å². The summed E-state index contributed by atoms with van der Waals surface area (Å²) in [7, 11) is 0. The summed E-state index contributed by atoms with van der Waals surface area (Å²) >= 11 is 0. The monoisotopic (exact) mass is 291 g/mol. The summed E-state index contributed by atoms with van der Waals surface area (Å²) in [5, 5.41) is 10.1. The van der Waals surface area contributed by atoms with Gasteiger partial charge in [-0.25, -0.2) is 0 Å². The fourth-order valence-corrected chi connectivity index (χ4v) is 3.57. The van der Waals surface area contributed by atoms with Crippen LogP contribution in [0, 0.1) is 11.8 Å². The molecule has 0 bridgehead atoms. The van der Waals surface area contributed by atoms with Crippen molar-refractivity contribution in [2.45, 2.75) is 44.9 Å². The fourth-order valence-electron chi connectivity index (χ4n) is 3.57. The van der Waals surface area contributed by atoms with Crippen molar-refractivity contribution in [3.63, 3.8) is 0 Å². The number of hydrogen-bond donors (Lipinski definition) is 2. The van der Waals surface area contributed by atoms with Crippen LogP contribution >= 0.6 is 0 Å². The Bertz CT molecular complexity index is 480. The first-order valence-electron chi connectivity index (χ1n) is 8.15. The molecular formula is C16H25N3O2. The van der Waals surface area contributed by atoms with E-state index in [2.05, 4.69) is 22.4 Å². The van der Waals surface area contributed by atoms with Gasteiger partial charge in [0.2, 0.25) is 0 Å². The molecule has 1 saturated carbocycles. The summed E-state index contributed by atoms with van der Waals surface area (Å²) in [4.78, 5) is 12.4. The van der Waals surface area contributed by atoms with Crippen LogP contribution in [0.3, 0.4) is 0 Å². The number of aromatic nitrogens is 2. The van der Waals surface area contributed by atoms with E-state index in [-0.39, 0.29) is 11.8 Å². The topological polar surface area (TPSA) is 67.0 Å². The van der Waals surface area contributed by atoms with Crippen molar-refractivity contribution in [3.8, 4) is 0 Å². The molecule has 0 unspecified atom stereocenters. The van der Waals surface area contributed by atoms with Gasteiger partial charge in [0.1, 0.15) is 0 Å². The van der Waals surface area contributed by atoms with E-state index < -0.39 is 0 Å². The Labute approximate surface area is 125 Å². The molecule has 1 aliphatic heterocycles. The van der Waals surface area contributed by atoms with Gasteiger partial charge in [-0.15, -0.1) is 0 Å². The Hall–Kier alpha value is -1.36. The van der Waals surface area contributed by atoms with E-state index in [0.29, 0.717) is 24.0 Å². The number of carbonyl (C=O) groups excluding carboxylic acids is 1. The van der Waals surface area contributed by atoms with Gasteiger partial charge in [0.05, 0.1) is 24.1 Å². The van der Waals surface area contributed by atoms with Crippen LogP contribution in [0.1, 0.15) is 61.0 Å². The Morgan fingerprint density at radius 3 is 3.05 bits per heavy atom. The van der Waals surface area contributed by atoms with Crippen molar-refractivity contribution in [2.24, 2.45) is 11.8 Å². The zero-order valence-electron chi connectivity index (χ0n) is 12.7. The van der Waals surface area contributed by atoms with Gasteiger partial charge in [0.15, 0.2) is 0 Å². The van der Waals surface area contributed by atoms with Crippen LogP contribution < -0.4 is 5.32 Å². The van der Waals surface area contributed by atoms with E-state index in [4.69, 9.17) is 4.74 Å². The number of rotatable bonds is 4. The van der Waals surface area contributed by atoms with E-state index in [1.54, 1.807) is 6.20 Å². The number of amides is 1. The van der Waals surface area contributed by atoms with Crippen molar-refractivity contribution >= 4 is 5.91 Å². The molecule has 3 atom stereocenters. The molecule has 2 N–H and O–H groups in total. The molecule has 1 aromatic heterocycles. The van der Waals surface area contributed by atoms with E-state index in [9.17, 15) is 4.79 Å². The molecule has 5 heteroatoms. The minimum absolute atomic E-state index is 0.00317. The number of H-pyrrole nitrogens is 1. The molecule has 1 aromatic rings. The summed E-state index contributed by atoms with van der Waals surface area (Å²) < 4.78 is 5.41. The van der Waals surface area contributed by atoms with Gasteiger partial charge >= 0.3 is 0 Å². The van der Waals surface area contributed by atoms with Crippen LogP contribution in [0.2, 0.25) is 0 Å². The lowest BCUT2D eigenvalue weighted by Crippen LogP contribution is -2.33. The zero-order valence-corrected chi connectivity index (χ0v) is 12.7. The van der Waals surface area contributed by atoms with E-state index in [0.717, 1.165) is 25.3 Å². The maximum atomic E-state index is 12.4. The molecule has 0 aromatic carbocycles. The number of hydrogen-bond acceptors (Lipinski definition) is 3. The molecule has 2 fully saturated rings. The van der Waals surface area contributed by atoms with Gasteiger partial charge in [-0.3, -0.25) is 9.89 Å². The Kier molecular flexibility index (Phi) is 4.58. The summed E-state index contributed by atoms with van der Waals surface area (Å²) in [6.45, 7) is 4.54. The third kappa shape index (κ3) is 3.28. The number of nitrogens with one attached hydrogen (secondary N) is 2. The first-order chi connectivity index (χ1) is 10.3. The third-order valence-electron chi connectivity index (χ3n) is 5.07. The van der Waals surface area contributed by atoms with E-state index >= 15 is 0 Å². The quantitative estimate of drug-likeness (QED) is 0.895. The molecule has 21 heavy (non-hydrogen) atoms. The van der Waals surface area contributed by atoms with Gasteiger partial charge < -0.3 is 10.1 Å². The van der Waals surface area contributed by atoms with Crippen LogP contribution in [-0.2, 0) is 4.74 Å². The first-order valence-corrected chi connectivity index (χ1v) is 8.15. The van der Waals surface area contributed by atoms with Crippen molar-refractivity contribution in [2.75, 3.05) is 19.8 Å². The second-order valence-electron chi connectivity index (χ2n) is 6.49. The van der Waals surface area contributed by atoms with Crippen molar-refractivity contribution in [3.05, 3.63) is 17.5 Å². The normalized spacial score (nSPS) is 29.5. The van der Waals surface area contributed by atoms with Crippen LogP contribution in [-0.4, -0.2) is 35.9 Å². The van der Waals surface area contributed by atoms with E-state index in [1.807, 2.05) is 0 Å². The lowest BCUT2D eigenvalue weighted by atomic mass is 9.80. The third-order valence-corrected chi connectivity index (χ3v) is 5.07. The van der Waals surface area contributed by atoms with Crippen molar-refractivity contribution in [1.29, 1.82) is 0 Å². The summed E-state index contributed by atoms with van der Waals surface area (Å²) in [5.41, 5.74) is 1.62. The largest absolute Gasteiger partial charge is 0.381 e. The number of carbonyl (C=O) groups is 1. The molecule has 2 aliphatic rings. The Morgan fingerprint density at radius 2 is 2.29 bits per heavy atom. The highest BCUT2D eigenvalue weighted by Crippen LogP contribution is 2.29. The standard InChI is InChI=1S/C16H25N3O2/c1-11-4-2-3-5-12(11)8-17-16(20)14-9-18-19-15(14)13-6-7-21-10-13/h9,11-13H,2-8,10H2,1H3,(H,17,20)(H,18,19)/t11-,12+,13-/m1/s1. The van der Waals surface area contributed by atoms with Gasteiger partial charge in [-0.1, -0.05) is 26.2 Å². The number of nitrogens with zero attached hydrogens (tertiary/aromatic N) is 1. The van der Waals surface area contributed by atoms with Crippen molar-refractivity contribution < 1.29 is 9.53 Å².